The molecule has 1 amide bonds. The Morgan fingerprint density at radius 2 is 1.64 bits per heavy atom. The van der Waals surface area contributed by atoms with Crippen molar-refractivity contribution in [1.82, 2.24) is 10.2 Å². The van der Waals surface area contributed by atoms with Gasteiger partial charge in [-0.3, -0.25) is 9.69 Å². The summed E-state index contributed by atoms with van der Waals surface area (Å²) >= 11 is 0. The van der Waals surface area contributed by atoms with E-state index in [-0.39, 0.29) is 5.91 Å². The number of amides is 1. The first-order chi connectivity index (χ1) is 13.6. The minimum absolute atomic E-state index is 0.145. The van der Waals surface area contributed by atoms with E-state index in [1.165, 1.54) is 5.56 Å². The number of morpholine rings is 1. The van der Waals surface area contributed by atoms with Crippen molar-refractivity contribution in [3.05, 3.63) is 59.7 Å². The standard InChI is InChI=1S/C22H28N2O4/c1-17(28-21-9-7-20(26-2)8-10-21)22(25)23-15-18-3-5-19(6-4-18)16-24-11-13-27-14-12-24/h3-10,17H,11-16H2,1-2H3,(H,23,25)/t17-/m1/s1. The molecule has 1 heterocycles. The molecule has 6 heteroatoms. The van der Waals surface area contributed by atoms with Crippen LogP contribution in [0.4, 0.5) is 0 Å². The van der Waals surface area contributed by atoms with Gasteiger partial charge in [0.15, 0.2) is 6.10 Å². The topological polar surface area (TPSA) is 60.0 Å². The number of carbonyl (C=O) groups is 1. The molecule has 0 saturated carbocycles. The lowest BCUT2D eigenvalue weighted by atomic mass is 10.1. The number of hydrogen-bond acceptors (Lipinski definition) is 5. The van der Waals surface area contributed by atoms with E-state index in [0.29, 0.717) is 12.3 Å². The monoisotopic (exact) mass is 384 g/mol. The van der Waals surface area contributed by atoms with Crippen molar-refractivity contribution in [2.75, 3.05) is 33.4 Å². The molecule has 2 aromatic carbocycles. The molecule has 1 fully saturated rings. The number of nitrogens with zero attached hydrogens (tertiary/aromatic N) is 1. The van der Waals surface area contributed by atoms with Crippen LogP contribution in [0.1, 0.15) is 18.1 Å². The van der Waals surface area contributed by atoms with Gasteiger partial charge in [0, 0.05) is 26.2 Å². The summed E-state index contributed by atoms with van der Waals surface area (Å²) in [5, 5.41) is 2.93. The van der Waals surface area contributed by atoms with Crippen molar-refractivity contribution in [2.24, 2.45) is 0 Å². The minimum atomic E-state index is -0.575. The van der Waals surface area contributed by atoms with E-state index in [1.54, 1.807) is 38.3 Å². The molecule has 1 saturated heterocycles. The average Bonchev–Trinajstić information content (AvgIpc) is 2.74. The second kappa shape index (κ2) is 10.1. The molecule has 0 aliphatic carbocycles. The van der Waals surface area contributed by atoms with Crippen LogP contribution < -0.4 is 14.8 Å². The fourth-order valence-electron chi connectivity index (χ4n) is 3.02. The molecule has 1 N–H and O–H groups in total. The number of carbonyl (C=O) groups excluding carboxylic acids is 1. The third-order valence-corrected chi connectivity index (χ3v) is 4.74. The van der Waals surface area contributed by atoms with Gasteiger partial charge in [-0.25, -0.2) is 0 Å². The second-order valence-electron chi connectivity index (χ2n) is 6.86. The van der Waals surface area contributed by atoms with Crippen LogP contribution in [0, 0.1) is 0 Å². The van der Waals surface area contributed by atoms with Gasteiger partial charge in [0.1, 0.15) is 11.5 Å². The molecule has 0 bridgehead atoms. The summed E-state index contributed by atoms with van der Waals surface area (Å²) in [6.45, 7) is 6.72. The first-order valence-corrected chi connectivity index (χ1v) is 9.60. The molecule has 28 heavy (non-hydrogen) atoms. The predicted octanol–water partition coefficient (Wildman–Crippen LogP) is 2.61. The Hall–Kier alpha value is -2.57. The van der Waals surface area contributed by atoms with E-state index in [4.69, 9.17) is 14.2 Å². The van der Waals surface area contributed by atoms with E-state index in [1.807, 2.05) is 0 Å². The molecule has 1 atom stereocenters. The van der Waals surface area contributed by atoms with Gasteiger partial charge in [0.05, 0.1) is 20.3 Å². The Labute approximate surface area is 166 Å². The van der Waals surface area contributed by atoms with Crippen molar-refractivity contribution in [3.8, 4) is 11.5 Å². The maximum Gasteiger partial charge on any atom is 0.261 e. The Morgan fingerprint density at radius 3 is 2.29 bits per heavy atom. The zero-order chi connectivity index (χ0) is 19.8. The van der Waals surface area contributed by atoms with Gasteiger partial charge >= 0.3 is 0 Å². The molecule has 6 nitrogen and oxygen atoms in total. The van der Waals surface area contributed by atoms with Gasteiger partial charge in [-0.2, -0.15) is 0 Å². The van der Waals surface area contributed by atoms with E-state index >= 15 is 0 Å². The highest BCUT2D eigenvalue weighted by molar-refractivity contribution is 5.80. The van der Waals surface area contributed by atoms with Gasteiger partial charge in [-0.15, -0.1) is 0 Å². The number of nitrogens with one attached hydrogen (secondary N) is 1. The molecular weight excluding hydrogens is 356 g/mol. The normalized spacial score (nSPS) is 15.6. The van der Waals surface area contributed by atoms with Crippen LogP contribution >= 0.6 is 0 Å². The van der Waals surface area contributed by atoms with Crippen molar-refractivity contribution in [2.45, 2.75) is 26.1 Å². The lowest BCUT2D eigenvalue weighted by Crippen LogP contribution is -2.36. The molecular formula is C22H28N2O4. The average molecular weight is 384 g/mol. The van der Waals surface area contributed by atoms with Crippen molar-refractivity contribution < 1.29 is 19.0 Å². The van der Waals surface area contributed by atoms with Gasteiger partial charge in [-0.1, -0.05) is 24.3 Å². The third-order valence-electron chi connectivity index (χ3n) is 4.74. The summed E-state index contributed by atoms with van der Waals surface area (Å²) in [5.41, 5.74) is 2.34. The molecule has 3 rings (SSSR count). The van der Waals surface area contributed by atoms with Crippen molar-refractivity contribution in [1.29, 1.82) is 0 Å². The van der Waals surface area contributed by atoms with E-state index in [0.717, 1.165) is 44.2 Å². The number of ether oxygens (including phenoxy) is 3. The predicted molar refractivity (Wildman–Crippen MR) is 107 cm³/mol. The molecule has 0 spiro atoms. The summed E-state index contributed by atoms with van der Waals surface area (Å²) in [4.78, 5) is 14.7. The highest BCUT2D eigenvalue weighted by Crippen LogP contribution is 2.18. The summed E-state index contributed by atoms with van der Waals surface area (Å²) in [5.74, 6) is 1.24. The van der Waals surface area contributed by atoms with Crippen LogP contribution in [0.25, 0.3) is 0 Å². The summed E-state index contributed by atoms with van der Waals surface area (Å²) in [6.07, 6.45) is -0.575. The molecule has 0 unspecified atom stereocenters. The lowest BCUT2D eigenvalue weighted by molar-refractivity contribution is -0.127. The molecule has 2 aromatic rings. The van der Waals surface area contributed by atoms with Gasteiger partial charge in [-0.05, 0) is 42.3 Å². The van der Waals surface area contributed by atoms with Crippen LogP contribution in [0.3, 0.4) is 0 Å². The highest BCUT2D eigenvalue weighted by atomic mass is 16.5. The minimum Gasteiger partial charge on any atom is -0.497 e. The quantitative estimate of drug-likeness (QED) is 0.758. The van der Waals surface area contributed by atoms with Crippen molar-refractivity contribution in [3.63, 3.8) is 0 Å². The second-order valence-corrected chi connectivity index (χ2v) is 6.86. The first-order valence-electron chi connectivity index (χ1n) is 9.60. The maximum absolute atomic E-state index is 12.3. The highest BCUT2D eigenvalue weighted by Gasteiger charge is 2.14. The van der Waals surface area contributed by atoms with Crippen molar-refractivity contribution >= 4 is 5.91 Å². The van der Waals surface area contributed by atoms with Crippen LogP contribution in [-0.2, 0) is 22.6 Å². The summed E-state index contributed by atoms with van der Waals surface area (Å²) in [7, 11) is 1.61. The number of methoxy groups -OCH3 is 1. The van der Waals surface area contributed by atoms with Gasteiger partial charge in [0.25, 0.3) is 5.91 Å². The van der Waals surface area contributed by atoms with Crippen LogP contribution in [0.5, 0.6) is 11.5 Å². The van der Waals surface area contributed by atoms with Crippen LogP contribution in [0.2, 0.25) is 0 Å². The number of rotatable bonds is 8. The Balaban J connectivity index is 1.43. The Morgan fingerprint density at radius 1 is 1.04 bits per heavy atom. The lowest BCUT2D eigenvalue weighted by Gasteiger charge is -2.26. The van der Waals surface area contributed by atoms with E-state index in [9.17, 15) is 4.79 Å². The fraction of sp³-hybridized carbons (Fsp3) is 0.409. The zero-order valence-electron chi connectivity index (χ0n) is 16.5. The number of hydrogen-bond donors (Lipinski definition) is 1. The number of benzene rings is 2. The Bertz CT molecular complexity index is 740. The SMILES string of the molecule is COc1ccc(O[C@H](C)C(=O)NCc2ccc(CN3CCOCC3)cc2)cc1. The van der Waals surface area contributed by atoms with Gasteiger partial charge in [0.2, 0.25) is 0 Å². The van der Waals surface area contributed by atoms with E-state index in [2.05, 4.69) is 34.5 Å². The molecule has 0 aromatic heterocycles. The molecule has 0 radical (unpaired) electrons. The van der Waals surface area contributed by atoms with Crippen LogP contribution in [0.15, 0.2) is 48.5 Å². The zero-order valence-corrected chi connectivity index (χ0v) is 16.5. The molecule has 150 valence electrons. The Kier molecular flexibility index (Phi) is 7.28. The third kappa shape index (κ3) is 5.97. The molecule has 1 aliphatic heterocycles. The molecule has 1 aliphatic rings. The van der Waals surface area contributed by atoms with E-state index < -0.39 is 6.10 Å². The smallest absolute Gasteiger partial charge is 0.261 e. The fourth-order valence-corrected chi connectivity index (χ4v) is 3.02. The van der Waals surface area contributed by atoms with Gasteiger partial charge < -0.3 is 19.5 Å². The summed E-state index contributed by atoms with van der Waals surface area (Å²) in [6, 6.07) is 15.5. The first kappa shape index (κ1) is 20.2. The van der Waals surface area contributed by atoms with Crippen LogP contribution in [-0.4, -0.2) is 50.3 Å². The largest absolute Gasteiger partial charge is 0.497 e. The summed E-state index contributed by atoms with van der Waals surface area (Å²) < 4.78 is 16.2. The maximum atomic E-state index is 12.3.